The summed E-state index contributed by atoms with van der Waals surface area (Å²) in [5.74, 6) is 0.536. The van der Waals surface area contributed by atoms with Gasteiger partial charge in [0.2, 0.25) is 5.91 Å². The molecule has 120 valence electrons. The molecule has 4 nitrogen and oxygen atoms in total. The van der Waals surface area contributed by atoms with Crippen LogP contribution in [-0.2, 0) is 4.79 Å². The highest BCUT2D eigenvalue weighted by molar-refractivity contribution is 5.98. The maximum absolute atomic E-state index is 12.1. The van der Waals surface area contributed by atoms with Crippen LogP contribution in [0.4, 0.5) is 0 Å². The van der Waals surface area contributed by atoms with Gasteiger partial charge in [0, 0.05) is 18.4 Å². The summed E-state index contributed by atoms with van der Waals surface area (Å²) in [5.41, 5.74) is 1.64. The summed E-state index contributed by atoms with van der Waals surface area (Å²) < 4.78 is 5.06. The summed E-state index contributed by atoms with van der Waals surface area (Å²) in [6.07, 6.45) is 0.377. The molecule has 0 aromatic heterocycles. The number of nitrogens with one attached hydrogen (secondary N) is 1. The van der Waals surface area contributed by atoms with Gasteiger partial charge in [-0.05, 0) is 36.8 Å². The smallest absolute Gasteiger partial charge is 0.220 e. The molecule has 0 fully saturated rings. The van der Waals surface area contributed by atoms with E-state index in [1.165, 1.54) is 0 Å². The fourth-order valence-corrected chi connectivity index (χ4v) is 2.29. The van der Waals surface area contributed by atoms with Crippen molar-refractivity contribution in [3.63, 3.8) is 0 Å². The average molecular weight is 311 g/mol. The highest BCUT2D eigenvalue weighted by Gasteiger charge is 2.12. The molecule has 0 heterocycles. The number of methoxy groups -OCH3 is 1. The minimum absolute atomic E-state index is 0.0461. The van der Waals surface area contributed by atoms with Crippen molar-refractivity contribution in [2.24, 2.45) is 0 Å². The molecule has 0 aliphatic carbocycles. The molecule has 0 unspecified atom stereocenters. The van der Waals surface area contributed by atoms with Gasteiger partial charge in [-0.3, -0.25) is 9.59 Å². The van der Waals surface area contributed by atoms with Crippen LogP contribution in [0.3, 0.4) is 0 Å². The Morgan fingerprint density at radius 3 is 2.26 bits per heavy atom. The average Bonchev–Trinajstić information content (AvgIpc) is 2.60. The SMILES string of the molecule is COc1ccc(C(=O)CCC(=O)N[C@@H](C)c2ccccc2)cc1. The summed E-state index contributed by atoms with van der Waals surface area (Å²) in [7, 11) is 1.58. The first kappa shape index (κ1) is 16.7. The lowest BCUT2D eigenvalue weighted by Crippen LogP contribution is -2.26. The van der Waals surface area contributed by atoms with E-state index in [9.17, 15) is 9.59 Å². The molecule has 0 bridgehead atoms. The monoisotopic (exact) mass is 311 g/mol. The normalized spacial score (nSPS) is 11.6. The molecule has 4 heteroatoms. The summed E-state index contributed by atoms with van der Waals surface area (Å²) in [6, 6.07) is 16.6. The number of hydrogen-bond acceptors (Lipinski definition) is 3. The Kier molecular flexibility index (Phi) is 5.92. The van der Waals surface area contributed by atoms with E-state index in [1.807, 2.05) is 37.3 Å². The number of amides is 1. The number of ketones is 1. The van der Waals surface area contributed by atoms with E-state index in [-0.39, 0.29) is 30.6 Å². The van der Waals surface area contributed by atoms with Crippen molar-refractivity contribution >= 4 is 11.7 Å². The number of carbonyl (C=O) groups excluding carboxylic acids is 2. The van der Waals surface area contributed by atoms with Gasteiger partial charge in [-0.1, -0.05) is 30.3 Å². The lowest BCUT2D eigenvalue weighted by Gasteiger charge is -2.14. The Bertz CT molecular complexity index is 650. The lowest BCUT2D eigenvalue weighted by atomic mass is 10.1. The van der Waals surface area contributed by atoms with E-state index in [2.05, 4.69) is 5.32 Å². The zero-order valence-electron chi connectivity index (χ0n) is 13.4. The van der Waals surface area contributed by atoms with Gasteiger partial charge in [0.15, 0.2) is 5.78 Å². The molecular formula is C19H21NO3. The molecule has 0 spiro atoms. The Morgan fingerprint density at radius 1 is 1.00 bits per heavy atom. The van der Waals surface area contributed by atoms with E-state index in [0.29, 0.717) is 11.3 Å². The maximum atomic E-state index is 12.1. The van der Waals surface area contributed by atoms with Gasteiger partial charge < -0.3 is 10.1 Å². The first-order valence-corrected chi connectivity index (χ1v) is 7.61. The molecule has 0 radical (unpaired) electrons. The molecule has 0 saturated heterocycles. The first-order valence-electron chi connectivity index (χ1n) is 7.61. The fraction of sp³-hybridized carbons (Fsp3) is 0.263. The Labute approximate surface area is 136 Å². The molecule has 2 aromatic rings. The van der Waals surface area contributed by atoms with Gasteiger partial charge in [0.1, 0.15) is 5.75 Å². The summed E-state index contributed by atoms with van der Waals surface area (Å²) in [6.45, 7) is 1.93. The molecule has 23 heavy (non-hydrogen) atoms. The summed E-state index contributed by atoms with van der Waals surface area (Å²) >= 11 is 0. The number of benzene rings is 2. The van der Waals surface area contributed by atoms with E-state index >= 15 is 0 Å². The van der Waals surface area contributed by atoms with Gasteiger partial charge >= 0.3 is 0 Å². The van der Waals surface area contributed by atoms with Crippen molar-refractivity contribution < 1.29 is 14.3 Å². The van der Waals surface area contributed by atoms with Crippen molar-refractivity contribution in [2.45, 2.75) is 25.8 Å². The van der Waals surface area contributed by atoms with E-state index < -0.39 is 0 Å². The minimum atomic E-state index is -0.122. The third-order valence-electron chi connectivity index (χ3n) is 3.67. The second kappa shape index (κ2) is 8.13. The van der Waals surface area contributed by atoms with Crippen LogP contribution in [0.1, 0.15) is 41.7 Å². The zero-order chi connectivity index (χ0) is 16.7. The van der Waals surface area contributed by atoms with Crippen molar-refractivity contribution in [3.8, 4) is 5.75 Å². The van der Waals surface area contributed by atoms with Crippen LogP contribution < -0.4 is 10.1 Å². The predicted molar refractivity (Wildman–Crippen MR) is 89.6 cm³/mol. The third-order valence-corrected chi connectivity index (χ3v) is 3.67. The largest absolute Gasteiger partial charge is 0.497 e. The van der Waals surface area contributed by atoms with Crippen molar-refractivity contribution in [1.82, 2.24) is 5.32 Å². The number of hydrogen-bond donors (Lipinski definition) is 1. The minimum Gasteiger partial charge on any atom is -0.497 e. The molecule has 0 saturated carbocycles. The van der Waals surface area contributed by atoms with Crippen LogP contribution in [0.5, 0.6) is 5.75 Å². The fourth-order valence-electron chi connectivity index (χ4n) is 2.29. The molecule has 2 rings (SSSR count). The van der Waals surface area contributed by atoms with Gasteiger partial charge in [-0.15, -0.1) is 0 Å². The highest BCUT2D eigenvalue weighted by atomic mass is 16.5. The third kappa shape index (κ3) is 4.95. The molecule has 0 aliphatic heterocycles. The zero-order valence-corrected chi connectivity index (χ0v) is 13.4. The first-order chi connectivity index (χ1) is 11.1. The molecule has 2 aromatic carbocycles. The van der Waals surface area contributed by atoms with Crippen molar-refractivity contribution in [1.29, 1.82) is 0 Å². The van der Waals surface area contributed by atoms with Crippen LogP contribution in [0.2, 0.25) is 0 Å². The van der Waals surface area contributed by atoms with E-state index in [0.717, 1.165) is 5.56 Å². The number of ether oxygens (including phenoxy) is 1. The standard InChI is InChI=1S/C19H21NO3/c1-14(15-6-4-3-5-7-15)20-19(22)13-12-18(21)16-8-10-17(23-2)11-9-16/h3-11,14H,12-13H2,1-2H3,(H,20,22)/t14-/m0/s1. The second-order valence-electron chi connectivity index (χ2n) is 5.35. The van der Waals surface area contributed by atoms with Gasteiger partial charge in [-0.2, -0.15) is 0 Å². The summed E-state index contributed by atoms with van der Waals surface area (Å²) in [5, 5.41) is 2.91. The highest BCUT2D eigenvalue weighted by Crippen LogP contribution is 2.14. The van der Waals surface area contributed by atoms with Crippen molar-refractivity contribution in [2.75, 3.05) is 7.11 Å². The molecule has 1 amide bonds. The maximum Gasteiger partial charge on any atom is 0.220 e. The Hall–Kier alpha value is -2.62. The van der Waals surface area contributed by atoms with Gasteiger partial charge in [0.25, 0.3) is 0 Å². The predicted octanol–water partition coefficient (Wildman–Crippen LogP) is 3.54. The van der Waals surface area contributed by atoms with Crippen LogP contribution in [0.25, 0.3) is 0 Å². The quantitative estimate of drug-likeness (QED) is 0.796. The van der Waals surface area contributed by atoms with Crippen LogP contribution in [0.15, 0.2) is 54.6 Å². The second-order valence-corrected chi connectivity index (χ2v) is 5.35. The molecule has 1 N–H and O–H groups in total. The summed E-state index contributed by atoms with van der Waals surface area (Å²) in [4.78, 5) is 24.1. The van der Waals surface area contributed by atoms with Crippen LogP contribution in [0, 0.1) is 0 Å². The van der Waals surface area contributed by atoms with E-state index in [1.54, 1.807) is 31.4 Å². The van der Waals surface area contributed by atoms with Gasteiger partial charge in [-0.25, -0.2) is 0 Å². The Morgan fingerprint density at radius 2 is 1.65 bits per heavy atom. The number of Topliss-reactive ketones (excluding diaryl/α,β-unsaturated/α-hetero) is 1. The number of carbonyl (C=O) groups is 2. The van der Waals surface area contributed by atoms with E-state index in [4.69, 9.17) is 4.74 Å². The van der Waals surface area contributed by atoms with Crippen molar-refractivity contribution in [3.05, 3.63) is 65.7 Å². The Balaban J connectivity index is 1.82. The topological polar surface area (TPSA) is 55.4 Å². The van der Waals surface area contributed by atoms with Gasteiger partial charge in [0.05, 0.1) is 13.2 Å². The van der Waals surface area contributed by atoms with Crippen LogP contribution >= 0.6 is 0 Å². The lowest BCUT2D eigenvalue weighted by molar-refractivity contribution is -0.121. The molecular weight excluding hydrogens is 290 g/mol. The van der Waals surface area contributed by atoms with Crippen LogP contribution in [-0.4, -0.2) is 18.8 Å². The number of rotatable bonds is 7. The molecule has 1 atom stereocenters. The molecule has 0 aliphatic rings.